The number of carbonyl (C=O) groups excluding carboxylic acids is 1. The van der Waals surface area contributed by atoms with E-state index < -0.39 is 12.0 Å². The minimum atomic E-state index is -0.949. The van der Waals surface area contributed by atoms with Gasteiger partial charge in [-0.25, -0.2) is 9.78 Å². The van der Waals surface area contributed by atoms with E-state index in [1.807, 2.05) is 24.4 Å². The molecule has 0 aliphatic carbocycles. The molecular formula is C19H20N4O3S. The molecule has 7 nitrogen and oxygen atoms in total. The number of aryl methyl sites for hydroxylation is 2. The number of carboxylic acids is 1. The van der Waals surface area contributed by atoms with Crippen LogP contribution in [0.2, 0.25) is 0 Å². The molecule has 3 aromatic heterocycles. The van der Waals surface area contributed by atoms with Gasteiger partial charge in [-0.2, -0.15) is 5.10 Å². The second-order valence-electron chi connectivity index (χ2n) is 6.79. The molecule has 4 heterocycles. The van der Waals surface area contributed by atoms with Crippen molar-refractivity contribution in [2.45, 2.75) is 32.2 Å². The molecule has 27 heavy (non-hydrogen) atoms. The number of fused-ring (bicyclic) bond motifs is 1. The summed E-state index contributed by atoms with van der Waals surface area (Å²) >= 11 is 1.55. The van der Waals surface area contributed by atoms with E-state index in [4.69, 9.17) is 4.98 Å². The number of hydrogen-bond donors (Lipinski definition) is 1. The van der Waals surface area contributed by atoms with Gasteiger partial charge in [-0.05, 0) is 43.7 Å². The number of hydrogen-bond acceptors (Lipinski definition) is 5. The third-order valence-corrected chi connectivity index (χ3v) is 5.91. The van der Waals surface area contributed by atoms with Crippen LogP contribution in [0.1, 0.15) is 35.3 Å². The van der Waals surface area contributed by atoms with Crippen molar-refractivity contribution in [2.75, 3.05) is 6.54 Å². The zero-order valence-electron chi connectivity index (χ0n) is 15.2. The van der Waals surface area contributed by atoms with Crippen LogP contribution in [0.25, 0.3) is 21.6 Å². The van der Waals surface area contributed by atoms with Crippen molar-refractivity contribution in [1.29, 1.82) is 0 Å². The molecule has 0 aromatic carbocycles. The summed E-state index contributed by atoms with van der Waals surface area (Å²) in [5.41, 5.74) is 2.52. The third kappa shape index (κ3) is 2.99. The molecule has 0 saturated carbocycles. The van der Waals surface area contributed by atoms with Crippen LogP contribution in [0, 0.1) is 6.92 Å². The Morgan fingerprint density at radius 3 is 2.85 bits per heavy atom. The molecule has 0 bridgehead atoms. The fourth-order valence-electron chi connectivity index (χ4n) is 3.75. The van der Waals surface area contributed by atoms with Crippen LogP contribution >= 0.6 is 11.3 Å². The highest BCUT2D eigenvalue weighted by Gasteiger charge is 2.34. The summed E-state index contributed by atoms with van der Waals surface area (Å²) in [4.78, 5) is 32.2. The molecule has 0 unspecified atom stereocenters. The molecule has 0 radical (unpaired) electrons. The van der Waals surface area contributed by atoms with Gasteiger partial charge in [-0.1, -0.05) is 6.07 Å². The van der Waals surface area contributed by atoms with Gasteiger partial charge >= 0.3 is 5.97 Å². The van der Waals surface area contributed by atoms with Gasteiger partial charge in [-0.3, -0.25) is 9.48 Å². The van der Waals surface area contributed by atoms with Crippen LogP contribution in [-0.2, 0) is 11.8 Å². The van der Waals surface area contributed by atoms with E-state index in [9.17, 15) is 14.7 Å². The number of piperidine rings is 1. The second-order valence-corrected chi connectivity index (χ2v) is 7.74. The number of carbonyl (C=O) groups is 2. The van der Waals surface area contributed by atoms with E-state index in [1.54, 1.807) is 29.1 Å². The molecule has 1 aliphatic heterocycles. The third-order valence-electron chi connectivity index (χ3n) is 5.02. The number of aromatic nitrogens is 3. The summed E-state index contributed by atoms with van der Waals surface area (Å²) in [6.07, 6.45) is 2.12. The normalized spacial score (nSPS) is 17.4. The van der Waals surface area contributed by atoms with E-state index >= 15 is 0 Å². The molecule has 4 rings (SSSR count). The smallest absolute Gasteiger partial charge is 0.326 e. The Labute approximate surface area is 160 Å². The Hall–Kier alpha value is -2.74. The Balaban J connectivity index is 1.89. The molecule has 8 heteroatoms. The Kier molecular flexibility index (Phi) is 4.43. The lowest BCUT2D eigenvalue weighted by Gasteiger charge is -2.33. The molecule has 1 fully saturated rings. The van der Waals surface area contributed by atoms with Gasteiger partial charge in [0.15, 0.2) is 5.65 Å². The summed E-state index contributed by atoms with van der Waals surface area (Å²) in [6, 6.07) is 4.89. The first-order chi connectivity index (χ1) is 13.0. The zero-order valence-corrected chi connectivity index (χ0v) is 16.0. The number of thiophene rings is 1. The Morgan fingerprint density at radius 1 is 1.33 bits per heavy atom. The summed E-state index contributed by atoms with van der Waals surface area (Å²) in [6.45, 7) is 2.30. The highest BCUT2D eigenvalue weighted by atomic mass is 32.1. The summed E-state index contributed by atoms with van der Waals surface area (Å²) in [5.74, 6) is -1.21. The van der Waals surface area contributed by atoms with Crippen molar-refractivity contribution < 1.29 is 14.7 Å². The molecule has 1 N–H and O–H groups in total. The number of carboxylic acid groups (broad SMARTS) is 1. The van der Waals surface area contributed by atoms with Crippen molar-refractivity contribution in [3.63, 3.8) is 0 Å². The molecule has 1 aliphatic rings. The van der Waals surface area contributed by atoms with Gasteiger partial charge in [0, 0.05) is 13.6 Å². The van der Waals surface area contributed by atoms with E-state index in [1.165, 1.54) is 4.90 Å². The van der Waals surface area contributed by atoms with Crippen LogP contribution < -0.4 is 0 Å². The van der Waals surface area contributed by atoms with Crippen molar-refractivity contribution in [2.24, 2.45) is 7.05 Å². The number of amides is 1. The lowest BCUT2D eigenvalue weighted by molar-refractivity contribution is -0.143. The highest BCUT2D eigenvalue weighted by molar-refractivity contribution is 7.13. The average Bonchev–Trinajstić information content (AvgIpc) is 3.29. The monoisotopic (exact) mass is 384 g/mol. The maximum Gasteiger partial charge on any atom is 0.326 e. The van der Waals surface area contributed by atoms with Crippen LogP contribution in [0.5, 0.6) is 0 Å². The minimum Gasteiger partial charge on any atom is -0.480 e. The summed E-state index contributed by atoms with van der Waals surface area (Å²) < 4.78 is 1.67. The fraction of sp³-hybridized carbons (Fsp3) is 0.368. The lowest BCUT2D eigenvalue weighted by atomic mass is 9.99. The first-order valence-corrected chi connectivity index (χ1v) is 9.77. The van der Waals surface area contributed by atoms with Crippen LogP contribution in [0.4, 0.5) is 0 Å². The predicted molar refractivity (Wildman–Crippen MR) is 103 cm³/mol. The van der Waals surface area contributed by atoms with Crippen molar-refractivity contribution >= 4 is 34.2 Å². The molecular weight excluding hydrogens is 364 g/mol. The first kappa shape index (κ1) is 17.7. The van der Waals surface area contributed by atoms with Gasteiger partial charge in [0.1, 0.15) is 6.04 Å². The second kappa shape index (κ2) is 6.77. The quantitative estimate of drug-likeness (QED) is 0.750. The van der Waals surface area contributed by atoms with Gasteiger partial charge in [0.05, 0.1) is 27.2 Å². The number of pyridine rings is 1. The molecule has 1 atom stereocenters. The maximum absolute atomic E-state index is 13.4. The lowest BCUT2D eigenvalue weighted by Crippen LogP contribution is -2.48. The fourth-order valence-corrected chi connectivity index (χ4v) is 4.44. The van der Waals surface area contributed by atoms with Gasteiger partial charge in [0.25, 0.3) is 5.91 Å². The van der Waals surface area contributed by atoms with Crippen LogP contribution in [0.3, 0.4) is 0 Å². The maximum atomic E-state index is 13.4. The average molecular weight is 384 g/mol. The predicted octanol–water partition coefficient (Wildman–Crippen LogP) is 3.08. The largest absolute Gasteiger partial charge is 0.480 e. The number of rotatable bonds is 3. The van der Waals surface area contributed by atoms with Crippen molar-refractivity contribution in [3.8, 4) is 10.6 Å². The standard InChI is InChI=1S/C19H20N4O3S/c1-11-16-12(18(24)23-8-4-3-6-14(23)19(25)26)10-13(15-7-5-9-27-15)20-17(16)22(2)21-11/h5,7,9-10,14H,3-4,6,8H2,1-2H3,(H,25,26)/t14-/m1/s1. The minimum absolute atomic E-state index is 0.261. The first-order valence-electron chi connectivity index (χ1n) is 8.89. The van der Waals surface area contributed by atoms with Crippen molar-refractivity contribution in [1.82, 2.24) is 19.7 Å². The molecule has 3 aromatic rings. The Bertz CT molecular complexity index is 1030. The molecule has 1 saturated heterocycles. The molecule has 140 valence electrons. The van der Waals surface area contributed by atoms with Gasteiger partial charge in [-0.15, -0.1) is 11.3 Å². The topological polar surface area (TPSA) is 88.3 Å². The van der Waals surface area contributed by atoms with Gasteiger partial charge < -0.3 is 10.0 Å². The number of nitrogens with zero attached hydrogens (tertiary/aromatic N) is 4. The molecule has 1 amide bonds. The van der Waals surface area contributed by atoms with Gasteiger partial charge in [0.2, 0.25) is 0 Å². The summed E-state index contributed by atoms with van der Waals surface area (Å²) in [5, 5.41) is 16.6. The number of aliphatic carboxylic acids is 1. The van der Waals surface area contributed by atoms with Crippen LogP contribution in [-0.4, -0.2) is 49.2 Å². The Morgan fingerprint density at radius 2 is 2.15 bits per heavy atom. The van der Waals surface area contributed by atoms with E-state index in [0.717, 1.165) is 17.7 Å². The van der Waals surface area contributed by atoms with E-state index in [2.05, 4.69) is 5.10 Å². The van der Waals surface area contributed by atoms with Crippen molar-refractivity contribution in [3.05, 3.63) is 34.8 Å². The van der Waals surface area contributed by atoms with E-state index in [0.29, 0.717) is 41.0 Å². The van der Waals surface area contributed by atoms with E-state index in [-0.39, 0.29) is 5.91 Å². The SMILES string of the molecule is Cc1nn(C)c2nc(-c3cccs3)cc(C(=O)N3CCCC[C@@H]3C(=O)O)c12. The van der Waals surface area contributed by atoms with Crippen LogP contribution in [0.15, 0.2) is 23.6 Å². The summed E-state index contributed by atoms with van der Waals surface area (Å²) in [7, 11) is 1.80. The highest BCUT2D eigenvalue weighted by Crippen LogP contribution is 2.31. The molecule has 0 spiro atoms. The zero-order chi connectivity index (χ0) is 19.1. The number of likely N-dealkylation sites (tertiary alicyclic amines) is 1.